The van der Waals surface area contributed by atoms with Gasteiger partial charge in [-0.1, -0.05) is 27.7 Å². The third kappa shape index (κ3) is 2.74. The molecule has 7 heteroatoms. The largest absolute Gasteiger partial charge is 0.458 e. The lowest BCUT2D eigenvalue weighted by atomic mass is 9.35. The third-order valence-corrected chi connectivity index (χ3v) is 8.26. The van der Waals surface area contributed by atoms with E-state index in [1.54, 1.807) is 0 Å². The number of carbonyl (C=O) groups excluding carboxylic acids is 1. The minimum Gasteiger partial charge on any atom is -0.458 e. The Bertz CT molecular complexity index is 818. The first-order chi connectivity index (χ1) is 13.5. The average molecular weight is 403 g/mol. The van der Waals surface area contributed by atoms with Gasteiger partial charge in [0.15, 0.2) is 0 Å². The summed E-state index contributed by atoms with van der Waals surface area (Å²) in [5.41, 5.74) is -0.611. The van der Waals surface area contributed by atoms with Crippen LogP contribution in [-0.4, -0.2) is 39.4 Å². The standard InChI is InChI=1S/C22H29NO6/c1-11-9-14(24)18-19-17(11)22(18,4)15(25)10-16(21(19,2)3)29-20(26)12-5-7-13(8-6-12)23(27)28/h5-8,11,14-19,24-25H,9-10H2,1-4H3/t11-,14+,15+,16+,17-,18+,19+,22+/m0/s1. The molecule has 2 N–H and O–H groups in total. The number of nitrogens with zero attached hydrogens (tertiary/aromatic N) is 1. The molecule has 29 heavy (non-hydrogen) atoms. The van der Waals surface area contributed by atoms with Crippen LogP contribution in [0.3, 0.4) is 0 Å². The summed E-state index contributed by atoms with van der Waals surface area (Å²) in [6.07, 6.45) is -0.550. The second-order valence-electron chi connectivity index (χ2n) is 9.99. The van der Waals surface area contributed by atoms with E-state index >= 15 is 0 Å². The number of non-ortho nitro benzene ring substituents is 1. The van der Waals surface area contributed by atoms with Gasteiger partial charge in [-0.05, 0) is 42.2 Å². The summed E-state index contributed by atoms with van der Waals surface area (Å²) in [6.45, 7) is 8.33. The fourth-order valence-electron chi connectivity index (χ4n) is 6.86. The molecule has 1 aromatic carbocycles. The smallest absolute Gasteiger partial charge is 0.338 e. The zero-order chi connectivity index (χ0) is 21.3. The lowest BCUT2D eigenvalue weighted by Crippen LogP contribution is -2.71. The molecule has 0 radical (unpaired) electrons. The van der Waals surface area contributed by atoms with Gasteiger partial charge in [0, 0.05) is 29.4 Å². The van der Waals surface area contributed by atoms with Crippen LogP contribution in [0.5, 0.6) is 0 Å². The van der Waals surface area contributed by atoms with Gasteiger partial charge in [-0.3, -0.25) is 10.1 Å². The molecule has 0 aliphatic heterocycles. The van der Waals surface area contributed by atoms with E-state index in [2.05, 4.69) is 27.7 Å². The van der Waals surface area contributed by atoms with E-state index in [9.17, 15) is 25.1 Å². The van der Waals surface area contributed by atoms with Gasteiger partial charge >= 0.3 is 5.97 Å². The van der Waals surface area contributed by atoms with E-state index in [-0.39, 0.29) is 34.4 Å². The Morgan fingerprint density at radius 3 is 2.28 bits per heavy atom. The molecule has 0 unspecified atom stereocenters. The van der Waals surface area contributed by atoms with E-state index in [1.165, 1.54) is 24.3 Å². The highest BCUT2D eigenvalue weighted by molar-refractivity contribution is 5.89. The molecule has 5 aliphatic carbocycles. The first kappa shape index (κ1) is 20.3. The van der Waals surface area contributed by atoms with Gasteiger partial charge < -0.3 is 14.9 Å². The van der Waals surface area contributed by atoms with Crippen molar-refractivity contribution in [1.29, 1.82) is 0 Å². The minimum atomic E-state index is -0.664. The van der Waals surface area contributed by atoms with Crippen LogP contribution < -0.4 is 0 Å². The van der Waals surface area contributed by atoms with Crippen LogP contribution in [-0.2, 0) is 4.74 Å². The van der Waals surface area contributed by atoms with Gasteiger partial charge in [0.05, 0.1) is 22.7 Å². The van der Waals surface area contributed by atoms with Gasteiger partial charge in [-0.15, -0.1) is 0 Å². The summed E-state index contributed by atoms with van der Waals surface area (Å²) < 4.78 is 5.87. The number of nitro groups is 1. The first-order valence-corrected chi connectivity index (χ1v) is 10.3. The summed E-state index contributed by atoms with van der Waals surface area (Å²) in [6, 6.07) is 5.35. The number of aliphatic hydroxyl groups is 2. The minimum absolute atomic E-state index is 0.00298. The fraction of sp³-hybridized carbons (Fsp3) is 0.682. The van der Waals surface area contributed by atoms with Crippen molar-refractivity contribution in [3.05, 3.63) is 39.9 Å². The second kappa shape index (κ2) is 6.51. The van der Waals surface area contributed by atoms with Crippen LogP contribution in [0.15, 0.2) is 24.3 Å². The van der Waals surface area contributed by atoms with Crippen molar-refractivity contribution in [2.75, 3.05) is 0 Å². The van der Waals surface area contributed by atoms with Crippen LogP contribution in [0.25, 0.3) is 0 Å². The number of fused-ring (bicyclic) bond motifs is 5. The van der Waals surface area contributed by atoms with Crippen LogP contribution >= 0.6 is 0 Å². The lowest BCUT2D eigenvalue weighted by molar-refractivity contribution is -0.384. The van der Waals surface area contributed by atoms with Crippen molar-refractivity contribution in [3.8, 4) is 0 Å². The predicted molar refractivity (Wildman–Crippen MR) is 105 cm³/mol. The molecule has 0 saturated heterocycles. The molecule has 4 bridgehead atoms. The van der Waals surface area contributed by atoms with E-state index < -0.39 is 34.6 Å². The number of aliphatic hydroxyl groups excluding tert-OH is 2. The summed E-state index contributed by atoms with van der Waals surface area (Å²) >= 11 is 0. The molecular weight excluding hydrogens is 374 g/mol. The molecular formula is C22H29NO6. The van der Waals surface area contributed by atoms with Crippen molar-refractivity contribution in [1.82, 2.24) is 0 Å². The molecule has 158 valence electrons. The van der Waals surface area contributed by atoms with E-state index in [1.807, 2.05) is 0 Å². The summed E-state index contributed by atoms with van der Waals surface area (Å²) in [5.74, 6) is 0.190. The van der Waals surface area contributed by atoms with Crippen molar-refractivity contribution < 1.29 is 24.7 Å². The summed E-state index contributed by atoms with van der Waals surface area (Å²) in [4.78, 5) is 23.1. The SMILES string of the molecule is C[C@H]1C[C@@H](O)[C@@H]2[C@H]3[C@H]1[C@@]2(C)[C@H](O)C[C@@H](OC(=O)c1ccc([N+](=O)[O-])cc1)C3(C)C. The van der Waals surface area contributed by atoms with Gasteiger partial charge in [0.25, 0.3) is 5.69 Å². The van der Waals surface area contributed by atoms with Crippen LogP contribution in [0.1, 0.15) is 50.9 Å². The molecule has 0 spiro atoms. The molecule has 7 nitrogen and oxygen atoms in total. The van der Waals surface area contributed by atoms with E-state index in [0.717, 1.165) is 6.42 Å². The zero-order valence-electron chi connectivity index (χ0n) is 17.2. The highest BCUT2D eigenvalue weighted by atomic mass is 16.6. The Morgan fingerprint density at radius 2 is 1.72 bits per heavy atom. The molecule has 0 aromatic heterocycles. The topological polar surface area (TPSA) is 110 Å². The third-order valence-electron chi connectivity index (χ3n) is 8.26. The Morgan fingerprint density at radius 1 is 1.10 bits per heavy atom. The zero-order valence-corrected chi connectivity index (χ0v) is 17.2. The summed E-state index contributed by atoms with van der Waals surface area (Å²) in [7, 11) is 0. The highest BCUT2D eigenvalue weighted by Crippen LogP contribution is 2.73. The van der Waals surface area contributed by atoms with Gasteiger partial charge in [-0.25, -0.2) is 4.79 Å². The maximum Gasteiger partial charge on any atom is 0.338 e. The molecule has 6 rings (SSSR count). The molecule has 5 fully saturated rings. The first-order valence-electron chi connectivity index (χ1n) is 10.3. The second-order valence-corrected chi connectivity index (χ2v) is 9.99. The quantitative estimate of drug-likeness (QED) is 0.456. The van der Waals surface area contributed by atoms with Gasteiger partial charge in [0.2, 0.25) is 0 Å². The number of hydrogen-bond donors (Lipinski definition) is 2. The van der Waals surface area contributed by atoms with E-state index in [0.29, 0.717) is 12.3 Å². The molecule has 0 amide bonds. The van der Waals surface area contributed by atoms with E-state index in [4.69, 9.17) is 4.74 Å². The number of rotatable bonds is 3. The van der Waals surface area contributed by atoms with Crippen LogP contribution in [0.4, 0.5) is 5.69 Å². The number of nitro benzene ring substituents is 1. The number of esters is 1. The van der Waals surface area contributed by atoms with Crippen molar-refractivity contribution in [2.45, 2.75) is 58.8 Å². The molecule has 5 saturated carbocycles. The molecule has 0 heterocycles. The molecule has 5 aliphatic rings. The van der Waals surface area contributed by atoms with Crippen LogP contribution in [0, 0.1) is 44.6 Å². The fourth-order valence-corrected chi connectivity index (χ4v) is 6.86. The molecule has 1 aromatic rings. The van der Waals surface area contributed by atoms with Gasteiger partial charge in [0.1, 0.15) is 6.10 Å². The van der Waals surface area contributed by atoms with Crippen molar-refractivity contribution in [3.63, 3.8) is 0 Å². The van der Waals surface area contributed by atoms with Gasteiger partial charge in [-0.2, -0.15) is 0 Å². The highest BCUT2D eigenvalue weighted by Gasteiger charge is 2.74. The number of hydrogen-bond acceptors (Lipinski definition) is 6. The van der Waals surface area contributed by atoms with Crippen molar-refractivity contribution >= 4 is 11.7 Å². The number of carbonyl (C=O) groups is 1. The Hall–Kier alpha value is -1.99. The Balaban J connectivity index is 1.61. The molecule has 8 atom stereocenters. The summed E-state index contributed by atoms with van der Waals surface area (Å²) in [5, 5.41) is 32.7. The normalized spacial score (nSPS) is 42.3. The average Bonchev–Trinajstić information content (AvgIpc) is 2.74. The maximum atomic E-state index is 12.8. The number of ether oxygens (including phenoxy) is 1. The predicted octanol–water partition coefficient (Wildman–Crippen LogP) is 3.18. The Labute approximate surface area is 170 Å². The monoisotopic (exact) mass is 403 g/mol. The lowest BCUT2D eigenvalue weighted by Gasteiger charge is -2.70. The maximum absolute atomic E-state index is 12.8. The van der Waals surface area contributed by atoms with Crippen molar-refractivity contribution in [2.24, 2.45) is 34.5 Å². The number of benzene rings is 1. The Kier molecular flexibility index (Phi) is 4.55. The van der Waals surface area contributed by atoms with Crippen LogP contribution in [0.2, 0.25) is 0 Å².